The number of hydrogen-bond acceptors (Lipinski definition) is 4. The van der Waals surface area contributed by atoms with Gasteiger partial charge in [-0.2, -0.15) is 8.78 Å². The maximum atomic E-state index is 13.9. The first-order valence-corrected chi connectivity index (χ1v) is 7.33. The topological polar surface area (TPSA) is 37.2 Å². The molecule has 0 atom stereocenters. The number of halogens is 2. The molecule has 6 heteroatoms. The van der Waals surface area contributed by atoms with E-state index < -0.39 is 13.1 Å². The second kappa shape index (κ2) is 7.11. The number of nitrogens with zero attached hydrogens (tertiary/aromatic N) is 3. The molecule has 0 aromatic carbocycles. The van der Waals surface area contributed by atoms with Gasteiger partial charge in [0.1, 0.15) is 12.4 Å². The second-order valence-corrected chi connectivity index (χ2v) is 5.25. The fraction of sp³-hybridized carbons (Fsp3) is 0.733. The van der Waals surface area contributed by atoms with Crippen molar-refractivity contribution in [2.24, 2.45) is 9.98 Å². The molecule has 2 aliphatic rings. The molecule has 0 N–H and O–H groups in total. The molecule has 2 aliphatic heterocycles. The highest BCUT2D eigenvalue weighted by molar-refractivity contribution is 6.46. The van der Waals surface area contributed by atoms with E-state index in [0.29, 0.717) is 31.4 Å². The number of unbranched alkanes of at least 4 members (excludes halogenated alkanes) is 2. The summed E-state index contributed by atoms with van der Waals surface area (Å²) < 4.78 is 55.1. The van der Waals surface area contributed by atoms with Crippen LogP contribution in [0.2, 0.25) is 0 Å². The van der Waals surface area contributed by atoms with E-state index >= 15 is 0 Å². The number of rotatable bonds is 6. The molecule has 0 aromatic heterocycles. The van der Waals surface area contributed by atoms with Gasteiger partial charge in [-0.15, -0.1) is 0 Å². The molecule has 0 fully saturated rings. The third-order valence-corrected chi connectivity index (χ3v) is 3.42. The van der Waals surface area contributed by atoms with Crippen molar-refractivity contribution in [3.8, 4) is 0 Å². The summed E-state index contributed by atoms with van der Waals surface area (Å²) in [6.45, 7) is 0.270. The second-order valence-electron chi connectivity index (χ2n) is 5.25. The van der Waals surface area contributed by atoms with Gasteiger partial charge < -0.3 is 9.64 Å². The zero-order valence-corrected chi connectivity index (χ0v) is 12.2. The van der Waals surface area contributed by atoms with Crippen molar-refractivity contribution in [3.63, 3.8) is 0 Å². The Morgan fingerprint density at radius 1 is 1.43 bits per heavy atom. The van der Waals surface area contributed by atoms with E-state index in [0.717, 1.165) is 6.42 Å². The van der Waals surface area contributed by atoms with Crippen molar-refractivity contribution in [3.05, 3.63) is 11.6 Å². The molecule has 2 heterocycles. The van der Waals surface area contributed by atoms with Crippen molar-refractivity contribution in [1.82, 2.24) is 4.90 Å². The van der Waals surface area contributed by atoms with Crippen LogP contribution in [-0.4, -0.2) is 49.4 Å². The molecule has 118 valence electrons. The lowest BCUT2D eigenvalue weighted by molar-refractivity contribution is -0.189. The van der Waals surface area contributed by atoms with E-state index in [-0.39, 0.29) is 31.2 Å². The lowest BCUT2D eigenvalue weighted by atomic mass is 10.1. The van der Waals surface area contributed by atoms with Gasteiger partial charge in [-0.1, -0.05) is 25.8 Å². The quantitative estimate of drug-likeness (QED) is 0.706. The highest BCUT2D eigenvalue weighted by atomic mass is 19.3. The first kappa shape index (κ1) is 12.3. The molecule has 0 bridgehead atoms. The fourth-order valence-electron chi connectivity index (χ4n) is 2.32. The molecule has 0 unspecified atom stereocenters. The molecule has 0 radical (unpaired) electrons. The molecule has 0 saturated carbocycles. The van der Waals surface area contributed by atoms with E-state index in [1.807, 2.05) is 13.0 Å². The number of aliphatic imine (C=N–C) groups is 2. The number of hydrogen-bond donors (Lipinski definition) is 0. The van der Waals surface area contributed by atoms with E-state index in [2.05, 4.69) is 9.98 Å². The smallest absolute Gasteiger partial charge is 0.399 e. The number of alkyl halides is 2. The molecule has 2 rings (SSSR count). The molecular weight excluding hydrogens is 276 g/mol. The van der Waals surface area contributed by atoms with Gasteiger partial charge in [0.05, 0.1) is 6.42 Å². The Balaban J connectivity index is 2.01. The van der Waals surface area contributed by atoms with Gasteiger partial charge in [-0.05, 0) is 25.4 Å². The zero-order valence-electron chi connectivity index (χ0n) is 15.2. The minimum atomic E-state index is -3.29. The first-order valence-electron chi connectivity index (χ1n) is 8.83. The van der Waals surface area contributed by atoms with Crippen LogP contribution in [0.15, 0.2) is 21.6 Å². The minimum absolute atomic E-state index is 0.0286. The van der Waals surface area contributed by atoms with Gasteiger partial charge in [-0.25, -0.2) is 4.99 Å². The Bertz CT molecular complexity index is 545. The van der Waals surface area contributed by atoms with E-state index in [1.54, 1.807) is 0 Å². The van der Waals surface area contributed by atoms with Crippen LogP contribution in [0.25, 0.3) is 0 Å². The largest absolute Gasteiger partial charge is 0.413 e. The standard InChI is InChI=1S/C15H23F2N3O/c1-3-4-5-8-15(16,17)21-14-13(18-11-19-14)12-7-6-9-20(2)10-12/h7H,3-6,8-11H2,1-2H3/i2D3. The predicted octanol–water partition coefficient (Wildman–Crippen LogP) is 3.25. The molecule has 0 spiro atoms. The van der Waals surface area contributed by atoms with Crippen molar-refractivity contribution < 1.29 is 17.6 Å². The van der Waals surface area contributed by atoms with Crippen molar-refractivity contribution in [1.29, 1.82) is 0 Å². The van der Waals surface area contributed by atoms with Crippen LogP contribution in [0.5, 0.6) is 0 Å². The summed E-state index contributed by atoms with van der Waals surface area (Å²) in [6.07, 6.45) is 0.616. The average molecular weight is 302 g/mol. The summed E-state index contributed by atoms with van der Waals surface area (Å²) in [7, 11) is 0. The van der Waals surface area contributed by atoms with Gasteiger partial charge in [-0.3, -0.25) is 4.99 Å². The Hall–Kier alpha value is -1.30. The third-order valence-electron chi connectivity index (χ3n) is 3.42. The van der Waals surface area contributed by atoms with Gasteiger partial charge >= 0.3 is 6.11 Å². The lowest BCUT2D eigenvalue weighted by Crippen LogP contribution is -2.34. The maximum absolute atomic E-state index is 13.9. The maximum Gasteiger partial charge on any atom is 0.399 e. The van der Waals surface area contributed by atoms with E-state index in [9.17, 15) is 8.78 Å². The molecule has 4 nitrogen and oxygen atoms in total. The molecule has 0 amide bonds. The predicted molar refractivity (Wildman–Crippen MR) is 80.1 cm³/mol. The molecule has 0 saturated heterocycles. The average Bonchev–Trinajstić information content (AvgIpc) is 2.94. The Morgan fingerprint density at radius 3 is 3.05 bits per heavy atom. The summed E-state index contributed by atoms with van der Waals surface area (Å²) in [5.74, 6) is -0.185. The molecule has 0 aliphatic carbocycles. The monoisotopic (exact) mass is 302 g/mol. The van der Waals surface area contributed by atoms with Crippen LogP contribution in [0, 0.1) is 0 Å². The summed E-state index contributed by atoms with van der Waals surface area (Å²) in [4.78, 5) is 9.34. The molecular formula is C15H23F2N3O. The highest BCUT2D eigenvalue weighted by Crippen LogP contribution is 2.26. The Kier molecular flexibility index (Phi) is 4.15. The number of ether oxygens (including phenoxy) is 1. The van der Waals surface area contributed by atoms with Crippen molar-refractivity contribution in [2.45, 2.75) is 45.1 Å². The summed E-state index contributed by atoms with van der Waals surface area (Å²) >= 11 is 0. The summed E-state index contributed by atoms with van der Waals surface area (Å²) in [5, 5.41) is 0. The summed E-state index contributed by atoms with van der Waals surface area (Å²) in [6, 6.07) is 0. The SMILES string of the molecule is [2H]C([2H])([2H])N1CCC=C(C2=NCN=C2OC(F)(F)CCCCC)C1. The van der Waals surface area contributed by atoms with Crippen LogP contribution >= 0.6 is 0 Å². The normalized spacial score (nSPS) is 22.8. The van der Waals surface area contributed by atoms with Gasteiger partial charge in [0.2, 0.25) is 5.90 Å². The summed E-state index contributed by atoms with van der Waals surface area (Å²) in [5.41, 5.74) is 0.831. The molecule has 0 aromatic rings. The van der Waals surface area contributed by atoms with Crippen LogP contribution in [-0.2, 0) is 4.74 Å². The van der Waals surface area contributed by atoms with Crippen molar-refractivity contribution in [2.75, 3.05) is 26.7 Å². The van der Waals surface area contributed by atoms with Gasteiger partial charge in [0.25, 0.3) is 0 Å². The van der Waals surface area contributed by atoms with Crippen LogP contribution < -0.4 is 0 Å². The Morgan fingerprint density at radius 2 is 2.29 bits per heavy atom. The molecule has 21 heavy (non-hydrogen) atoms. The van der Waals surface area contributed by atoms with Gasteiger partial charge in [0.15, 0.2) is 0 Å². The lowest BCUT2D eigenvalue weighted by Gasteiger charge is -2.24. The highest BCUT2D eigenvalue weighted by Gasteiger charge is 2.35. The van der Waals surface area contributed by atoms with E-state index in [1.165, 1.54) is 4.90 Å². The third kappa shape index (κ3) is 4.59. The van der Waals surface area contributed by atoms with Gasteiger partial charge in [0, 0.05) is 17.2 Å². The minimum Gasteiger partial charge on any atom is -0.413 e. The Labute approximate surface area is 128 Å². The zero-order chi connectivity index (χ0) is 17.8. The first-order chi connectivity index (χ1) is 11.2. The number of likely N-dealkylation sites (N-methyl/N-ethyl adjacent to an activating group) is 1. The van der Waals surface area contributed by atoms with E-state index in [4.69, 9.17) is 8.85 Å². The van der Waals surface area contributed by atoms with Crippen molar-refractivity contribution >= 4 is 11.6 Å². The van der Waals surface area contributed by atoms with Crippen LogP contribution in [0.1, 0.15) is 43.1 Å². The van der Waals surface area contributed by atoms with Crippen LogP contribution in [0.4, 0.5) is 8.78 Å². The fourth-order valence-corrected chi connectivity index (χ4v) is 2.32. The van der Waals surface area contributed by atoms with Crippen LogP contribution in [0.3, 0.4) is 0 Å².